The molecule has 3 N–H and O–H groups in total. The molecule has 234 valence electrons. The number of nitrogens with zero attached hydrogens (tertiary/aromatic N) is 3. The highest BCUT2D eigenvalue weighted by atomic mass is 35.5. The van der Waals surface area contributed by atoms with E-state index in [0.717, 1.165) is 31.4 Å². The lowest BCUT2D eigenvalue weighted by atomic mass is 9.73. The molecule has 42 heavy (non-hydrogen) atoms. The Balaban J connectivity index is 1.66. The highest BCUT2D eigenvalue weighted by Crippen LogP contribution is 2.37. The summed E-state index contributed by atoms with van der Waals surface area (Å²) >= 11 is 6.62. The first-order valence-corrected chi connectivity index (χ1v) is 16.7. The number of anilines is 1. The topological polar surface area (TPSA) is 130 Å². The number of sulfonamides is 1. The molecule has 0 atom stereocenters. The Morgan fingerprint density at radius 1 is 1.00 bits per heavy atom. The van der Waals surface area contributed by atoms with Crippen LogP contribution in [0.15, 0.2) is 24.3 Å². The average Bonchev–Trinajstić information content (AvgIpc) is 3.45. The van der Waals surface area contributed by atoms with Gasteiger partial charge in [0.1, 0.15) is 10.8 Å². The third-order valence-electron chi connectivity index (χ3n) is 7.90. The Hall–Kier alpha value is -2.79. The summed E-state index contributed by atoms with van der Waals surface area (Å²) in [6.07, 6.45) is 5.95. The van der Waals surface area contributed by atoms with Crippen molar-refractivity contribution in [1.82, 2.24) is 25.1 Å². The third kappa shape index (κ3) is 7.98. The lowest BCUT2D eigenvalue weighted by Crippen LogP contribution is -2.57. The van der Waals surface area contributed by atoms with Crippen LogP contribution < -0.4 is 14.8 Å². The SMILES string of the molecule is CCCCCCCCS(=O)(=O)Nc1ccccc1OCC(=O)NC(C)(C)C(C)(C)c1nnc2c(Cl)c(C(C)(C)C)[nH]n12. The Kier molecular flexibility index (Phi) is 10.6. The van der Waals surface area contributed by atoms with E-state index in [9.17, 15) is 13.2 Å². The Bertz CT molecular complexity index is 1470. The molecule has 3 aromatic rings. The fourth-order valence-corrected chi connectivity index (χ4v) is 6.28. The number of halogens is 1. The molecule has 0 fully saturated rings. The van der Waals surface area contributed by atoms with Gasteiger partial charge in [-0.15, -0.1) is 10.2 Å². The van der Waals surface area contributed by atoms with Gasteiger partial charge in [0.25, 0.3) is 5.91 Å². The van der Waals surface area contributed by atoms with Crippen molar-refractivity contribution in [3.8, 4) is 5.75 Å². The molecule has 12 heteroatoms. The van der Waals surface area contributed by atoms with E-state index >= 15 is 0 Å². The van der Waals surface area contributed by atoms with Crippen LogP contribution in [0, 0.1) is 0 Å². The molecule has 0 aliphatic rings. The largest absolute Gasteiger partial charge is 0.482 e. The van der Waals surface area contributed by atoms with Crippen LogP contribution in [-0.4, -0.2) is 52.0 Å². The number of unbranched alkanes of at least 4 members (excludes halogenated alkanes) is 5. The van der Waals surface area contributed by atoms with E-state index in [1.807, 2.05) is 27.7 Å². The predicted molar refractivity (Wildman–Crippen MR) is 169 cm³/mol. The number of aromatic nitrogens is 4. The molecule has 0 spiro atoms. The van der Waals surface area contributed by atoms with Gasteiger partial charge in [0, 0.05) is 16.4 Å². The van der Waals surface area contributed by atoms with Crippen LogP contribution in [0.2, 0.25) is 5.02 Å². The molecule has 0 bridgehead atoms. The molecule has 1 amide bonds. The Morgan fingerprint density at radius 2 is 1.64 bits per heavy atom. The summed E-state index contributed by atoms with van der Waals surface area (Å²) in [5.41, 5.74) is -0.00361. The number of amides is 1. The summed E-state index contributed by atoms with van der Waals surface area (Å²) in [4.78, 5) is 13.1. The first kappa shape index (κ1) is 33.7. The number of hydrogen-bond donors (Lipinski definition) is 3. The van der Waals surface area contributed by atoms with E-state index in [2.05, 4.69) is 53.0 Å². The number of hydrogen-bond acceptors (Lipinski definition) is 6. The first-order valence-electron chi connectivity index (χ1n) is 14.7. The van der Waals surface area contributed by atoms with Gasteiger partial charge in [-0.1, -0.05) is 97.4 Å². The van der Waals surface area contributed by atoms with Gasteiger partial charge in [0.2, 0.25) is 10.0 Å². The summed E-state index contributed by atoms with van der Waals surface area (Å²) in [7, 11) is -3.55. The number of nitrogens with one attached hydrogen (secondary N) is 3. The quantitative estimate of drug-likeness (QED) is 0.169. The monoisotopic (exact) mass is 622 g/mol. The minimum atomic E-state index is -3.55. The van der Waals surface area contributed by atoms with Gasteiger partial charge in [-0.25, -0.2) is 12.9 Å². The van der Waals surface area contributed by atoms with Gasteiger partial charge >= 0.3 is 0 Å². The van der Waals surface area contributed by atoms with Gasteiger partial charge < -0.3 is 10.1 Å². The summed E-state index contributed by atoms with van der Waals surface area (Å²) in [5.74, 6) is 0.576. The molecule has 3 rings (SSSR count). The van der Waals surface area contributed by atoms with Crippen molar-refractivity contribution in [2.24, 2.45) is 0 Å². The van der Waals surface area contributed by atoms with Gasteiger partial charge in [-0.05, 0) is 32.4 Å². The maximum Gasteiger partial charge on any atom is 0.258 e. The molecule has 0 aliphatic heterocycles. The number of H-pyrrole nitrogens is 1. The van der Waals surface area contributed by atoms with E-state index in [1.165, 1.54) is 6.42 Å². The lowest BCUT2D eigenvalue weighted by Gasteiger charge is -2.40. The molecule has 0 saturated carbocycles. The second-order valence-corrected chi connectivity index (χ2v) is 15.2. The van der Waals surface area contributed by atoms with Crippen molar-refractivity contribution in [3.63, 3.8) is 0 Å². The molecule has 0 saturated heterocycles. The molecule has 2 heterocycles. The number of fused-ring (bicyclic) bond motifs is 1. The summed E-state index contributed by atoms with van der Waals surface area (Å²) in [6, 6.07) is 6.72. The number of benzene rings is 1. The molecular weight excluding hydrogens is 576 g/mol. The van der Waals surface area contributed by atoms with Crippen molar-refractivity contribution < 1.29 is 17.9 Å². The van der Waals surface area contributed by atoms with Crippen LogP contribution >= 0.6 is 11.6 Å². The van der Waals surface area contributed by atoms with E-state index in [0.29, 0.717) is 28.6 Å². The van der Waals surface area contributed by atoms with Crippen molar-refractivity contribution in [2.45, 2.75) is 110 Å². The second-order valence-electron chi connectivity index (χ2n) is 13.0. The van der Waals surface area contributed by atoms with E-state index in [-0.39, 0.29) is 29.4 Å². The van der Waals surface area contributed by atoms with Crippen LogP contribution in [0.25, 0.3) is 5.65 Å². The summed E-state index contributed by atoms with van der Waals surface area (Å²) in [5, 5.41) is 15.7. The lowest BCUT2D eigenvalue weighted by molar-refractivity contribution is -0.125. The van der Waals surface area contributed by atoms with E-state index < -0.39 is 21.0 Å². The van der Waals surface area contributed by atoms with Crippen molar-refractivity contribution >= 4 is 38.9 Å². The maximum absolute atomic E-state index is 13.1. The number of para-hydroxylation sites is 2. The van der Waals surface area contributed by atoms with E-state index in [1.54, 1.807) is 28.8 Å². The molecular formula is C30H47ClN6O4S. The van der Waals surface area contributed by atoms with E-state index in [4.69, 9.17) is 16.3 Å². The first-order chi connectivity index (χ1) is 19.5. The number of rotatable bonds is 15. The number of aromatic amines is 1. The van der Waals surface area contributed by atoms with Crippen LogP contribution in [-0.2, 0) is 25.6 Å². The van der Waals surface area contributed by atoms with Crippen LogP contribution in [0.1, 0.15) is 105 Å². The van der Waals surface area contributed by atoms with Crippen molar-refractivity contribution in [2.75, 3.05) is 17.1 Å². The van der Waals surface area contributed by atoms with Gasteiger partial charge in [-0.2, -0.15) is 0 Å². The van der Waals surface area contributed by atoms with Gasteiger partial charge in [0.05, 0.1) is 17.1 Å². The fraction of sp³-hybridized carbons (Fsp3) is 0.633. The van der Waals surface area contributed by atoms with Crippen molar-refractivity contribution in [3.05, 3.63) is 40.8 Å². The smallest absolute Gasteiger partial charge is 0.258 e. The molecule has 1 aromatic carbocycles. The molecule has 2 aromatic heterocycles. The zero-order valence-corrected chi connectivity index (χ0v) is 27.8. The molecule has 0 unspecified atom stereocenters. The summed E-state index contributed by atoms with van der Waals surface area (Å²) < 4.78 is 35.6. The standard InChI is InChI=1S/C30H47ClN6O4S/c1-9-10-11-12-13-16-19-42(39,40)36-21-17-14-15-18-22(21)41-20-23(38)32-30(7,8)29(5,6)27-34-33-26-24(31)25(28(2,3)4)35-37(26)27/h14-15,17-18,35-36H,9-13,16,19-20H2,1-8H3,(H,32,38). The van der Waals surface area contributed by atoms with Crippen LogP contribution in [0.3, 0.4) is 0 Å². The zero-order valence-electron chi connectivity index (χ0n) is 26.2. The molecule has 0 aliphatic carbocycles. The fourth-order valence-electron chi connectivity index (χ4n) is 4.64. The molecule has 0 radical (unpaired) electrons. The van der Waals surface area contributed by atoms with Crippen LogP contribution in [0.5, 0.6) is 5.75 Å². The average molecular weight is 623 g/mol. The van der Waals surface area contributed by atoms with Crippen LogP contribution in [0.4, 0.5) is 5.69 Å². The number of carbonyl (C=O) groups excluding carboxylic acids is 1. The maximum atomic E-state index is 13.1. The highest BCUT2D eigenvalue weighted by Gasteiger charge is 2.44. The third-order valence-corrected chi connectivity index (χ3v) is 9.62. The van der Waals surface area contributed by atoms with Crippen molar-refractivity contribution in [1.29, 1.82) is 0 Å². The number of carbonyl (C=O) groups is 1. The zero-order chi connectivity index (χ0) is 31.3. The highest BCUT2D eigenvalue weighted by molar-refractivity contribution is 7.92. The van der Waals surface area contributed by atoms with Gasteiger partial charge in [-0.3, -0.25) is 14.6 Å². The minimum Gasteiger partial charge on any atom is -0.482 e. The van der Waals surface area contributed by atoms with Gasteiger partial charge in [0.15, 0.2) is 18.1 Å². The molecule has 10 nitrogen and oxygen atoms in total. The number of ether oxygens (including phenoxy) is 1. The normalized spacial score (nSPS) is 13.0. The Labute approximate surface area is 255 Å². The Morgan fingerprint density at radius 3 is 2.31 bits per heavy atom. The summed E-state index contributed by atoms with van der Waals surface area (Å²) in [6.45, 7) is 15.8. The predicted octanol–water partition coefficient (Wildman–Crippen LogP) is 6.36. The minimum absolute atomic E-state index is 0.0381. The second kappa shape index (κ2) is 13.2.